The minimum Gasteiger partial charge on any atom is -0.351 e. The Bertz CT molecular complexity index is 441. The van der Waals surface area contributed by atoms with Gasteiger partial charge in [0.05, 0.1) is 5.69 Å². The summed E-state index contributed by atoms with van der Waals surface area (Å²) in [6.07, 6.45) is 1.14. The van der Waals surface area contributed by atoms with Crippen LogP contribution in [0.3, 0.4) is 0 Å². The zero-order chi connectivity index (χ0) is 12.4. The highest BCUT2D eigenvalue weighted by molar-refractivity contribution is 5.91. The first-order valence-corrected chi connectivity index (χ1v) is 5.54. The predicted octanol–water partition coefficient (Wildman–Crippen LogP) is 0.334. The molecule has 2 rings (SSSR count). The number of rotatable bonds is 2. The molecule has 2 heterocycles. The van der Waals surface area contributed by atoms with Crippen molar-refractivity contribution in [3.8, 4) is 0 Å². The van der Waals surface area contributed by atoms with Crippen molar-refractivity contribution in [1.82, 2.24) is 15.4 Å². The van der Waals surface area contributed by atoms with Gasteiger partial charge in [-0.25, -0.2) is 0 Å². The Balaban J connectivity index is 1.93. The van der Waals surface area contributed by atoms with E-state index in [1.807, 2.05) is 0 Å². The summed E-state index contributed by atoms with van der Waals surface area (Å²) < 4.78 is 4.87. The van der Waals surface area contributed by atoms with Crippen molar-refractivity contribution in [2.24, 2.45) is 0 Å². The van der Waals surface area contributed by atoms with Gasteiger partial charge in [0.1, 0.15) is 0 Å². The van der Waals surface area contributed by atoms with Crippen molar-refractivity contribution in [3.63, 3.8) is 0 Å². The van der Waals surface area contributed by atoms with E-state index in [0.717, 1.165) is 0 Å². The van der Waals surface area contributed by atoms with Crippen LogP contribution in [0.15, 0.2) is 10.6 Å². The SMILES string of the molecule is Cc1cc(C(=O)N[C@H]2CCC(=O)N(C)C2)on1. The van der Waals surface area contributed by atoms with Crippen LogP contribution < -0.4 is 5.32 Å². The molecule has 1 aromatic rings. The highest BCUT2D eigenvalue weighted by atomic mass is 16.5. The highest BCUT2D eigenvalue weighted by Crippen LogP contribution is 2.11. The van der Waals surface area contributed by atoms with Crippen LogP contribution >= 0.6 is 0 Å². The third-order valence-corrected chi connectivity index (χ3v) is 2.81. The Hall–Kier alpha value is -1.85. The van der Waals surface area contributed by atoms with Gasteiger partial charge in [0.2, 0.25) is 11.7 Å². The summed E-state index contributed by atoms with van der Waals surface area (Å²) in [7, 11) is 1.74. The third kappa shape index (κ3) is 2.64. The molecule has 0 spiro atoms. The molecular formula is C11H15N3O3. The molecule has 1 saturated heterocycles. The molecule has 0 aliphatic carbocycles. The molecule has 1 aliphatic heterocycles. The number of carbonyl (C=O) groups is 2. The Morgan fingerprint density at radius 3 is 3.00 bits per heavy atom. The second-order valence-electron chi connectivity index (χ2n) is 4.32. The molecule has 92 valence electrons. The van der Waals surface area contributed by atoms with Crippen molar-refractivity contribution in [3.05, 3.63) is 17.5 Å². The first-order valence-electron chi connectivity index (χ1n) is 5.54. The van der Waals surface area contributed by atoms with Gasteiger partial charge >= 0.3 is 0 Å². The summed E-state index contributed by atoms with van der Waals surface area (Å²) in [6.45, 7) is 2.30. The van der Waals surface area contributed by atoms with Crippen molar-refractivity contribution in [2.75, 3.05) is 13.6 Å². The Kier molecular flexibility index (Phi) is 3.12. The lowest BCUT2D eigenvalue weighted by Crippen LogP contribution is -2.48. The minimum absolute atomic E-state index is 0.0180. The first kappa shape index (κ1) is 11.6. The van der Waals surface area contributed by atoms with Crippen molar-refractivity contribution in [2.45, 2.75) is 25.8 Å². The summed E-state index contributed by atoms with van der Waals surface area (Å²) in [4.78, 5) is 24.7. The molecule has 6 heteroatoms. The zero-order valence-electron chi connectivity index (χ0n) is 9.90. The van der Waals surface area contributed by atoms with E-state index in [-0.39, 0.29) is 23.6 Å². The van der Waals surface area contributed by atoms with Crippen LogP contribution in [-0.4, -0.2) is 41.5 Å². The molecule has 1 N–H and O–H groups in total. The second-order valence-corrected chi connectivity index (χ2v) is 4.32. The number of aromatic nitrogens is 1. The number of nitrogens with zero attached hydrogens (tertiary/aromatic N) is 2. The van der Waals surface area contributed by atoms with Crippen LogP contribution in [0.1, 0.15) is 29.1 Å². The molecule has 1 fully saturated rings. The number of aryl methyl sites for hydroxylation is 1. The molecule has 0 unspecified atom stereocenters. The average molecular weight is 237 g/mol. The molecule has 0 saturated carbocycles. The van der Waals surface area contributed by atoms with Gasteiger partial charge in [-0.05, 0) is 13.3 Å². The fourth-order valence-corrected chi connectivity index (χ4v) is 1.86. The molecule has 6 nitrogen and oxygen atoms in total. The standard InChI is InChI=1S/C11H15N3O3/c1-7-5-9(17-13-7)11(16)12-8-3-4-10(15)14(2)6-8/h5,8H,3-4,6H2,1-2H3,(H,12,16)/t8-/m0/s1. The summed E-state index contributed by atoms with van der Waals surface area (Å²) in [5.74, 6) is 0.0476. The lowest BCUT2D eigenvalue weighted by Gasteiger charge is -2.29. The Labute approximate surface area is 98.9 Å². The fraction of sp³-hybridized carbons (Fsp3) is 0.545. The highest BCUT2D eigenvalue weighted by Gasteiger charge is 2.25. The number of nitrogens with one attached hydrogen (secondary N) is 1. The normalized spacial score (nSPS) is 20.5. The van der Waals surface area contributed by atoms with Crippen LogP contribution in [0.4, 0.5) is 0 Å². The average Bonchev–Trinajstić information content (AvgIpc) is 2.70. The van der Waals surface area contributed by atoms with Gasteiger partial charge in [-0.15, -0.1) is 0 Å². The summed E-state index contributed by atoms with van der Waals surface area (Å²) >= 11 is 0. The summed E-state index contributed by atoms with van der Waals surface area (Å²) in [5, 5.41) is 6.49. The molecule has 0 radical (unpaired) electrons. The fourth-order valence-electron chi connectivity index (χ4n) is 1.86. The van der Waals surface area contributed by atoms with E-state index in [0.29, 0.717) is 25.1 Å². The van der Waals surface area contributed by atoms with Crippen LogP contribution in [0.5, 0.6) is 0 Å². The van der Waals surface area contributed by atoms with Gasteiger partial charge in [0.15, 0.2) is 0 Å². The number of hydrogen-bond donors (Lipinski definition) is 1. The van der Waals surface area contributed by atoms with Crippen LogP contribution in [0, 0.1) is 6.92 Å². The Morgan fingerprint density at radius 2 is 2.41 bits per heavy atom. The van der Waals surface area contributed by atoms with Gasteiger partial charge in [-0.1, -0.05) is 5.16 Å². The minimum atomic E-state index is -0.279. The predicted molar refractivity (Wildman–Crippen MR) is 59.4 cm³/mol. The smallest absolute Gasteiger partial charge is 0.290 e. The molecule has 0 bridgehead atoms. The van der Waals surface area contributed by atoms with Crippen molar-refractivity contribution in [1.29, 1.82) is 0 Å². The van der Waals surface area contributed by atoms with E-state index in [2.05, 4.69) is 10.5 Å². The van der Waals surface area contributed by atoms with E-state index >= 15 is 0 Å². The van der Waals surface area contributed by atoms with Crippen LogP contribution in [-0.2, 0) is 4.79 Å². The monoisotopic (exact) mass is 237 g/mol. The van der Waals surface area contributed by atoms with Gasteiger partial charge in [0, 0.05) is 32.1 Å². The molecule has 2 amide bonds. The number of piperidine rings is 1. The van der Waals surface area contributed by atoms with E-state index in [4.69, 9.17) is 4.52 Å². The molecule has 0 aromatic carbocycles. The topological polar surface area (TPSA) is 75.4 Å². The molecule has 1 atom stereocenters. The molecule has 1 aliphatic rings. The number of hydrogen-bond acceptors (Lipinski definition) is 4. The van der Waals surface area contributed by atoms with E-state index in [1.54, 1.807) is 24.9 Å². The molecule has 17 heavy (non-hydrogen) atoms. The largest absolute Gasteiger partial charge is 0.351 e. The number of carbonyl (C=O) groups excluding carboxylic acids is 2. The van der Waals surface area contributed by atoms with Gasteiger partial charge < -0.3 is 14.7 Å². The zero-order valence-corrected chi connectivity index (χ0v) is 9.90. The summed E-state index contributed by atoms with van der Waals surface area (Å²) in [6, 6.07) is 1.57. The maximum Gasteiger partial charge on any atom is 0.290 e. The molecular weight excluding hydrogens is 222 g/mol. The lowest BCUT2D eigenvalue weighted by atomic mass is 10.1. The van der Waals surface area contributed by atoms with Crippen molar-refractivity contribution < 1.29 is 14.1 Å². The quantitative estimate of drug-likeness (QED) is 0.804. The summed E-state index contributed by atoms with van der Waals surface area (Å²) in [5.41, 5.74) is 0.672. The van der Waals surface area contributed by atoms with E-state index in [9.17, 15) is 9.59 Å². The van der Waals surface area contributed by atoms with Gasteiger partial charge in [-0.3, -0.25) is 9.59 Å². The number of amides is 2. The second kappa shape index (κ2) is 4.57. The van der Waals surface area contributed by atoms with Crippen LogP contribution in [0.25, 0.3) is 0 Å². The van der Waals surface area contributed by atoms with Gasteiger partial charge in [-0.2, -0.15) is 0 Å². The van der Waals surface area contributed by atoms with E-state index < -0.39 is 0 Å². The maximum atomic E-state index is 11.8. The van der Waals surface area contributed by atoms with Crippen molar-refractivity contribution >= 4 is 11.8 Å². The van der Waals surface area contributed by atoms with Crippen LogP contribution in [0.2, 0.25) is 0 Å². The van der Waals surface area contributed by atoms with Gasteiger partial charge in [0.25, 0.3) is 5.91 Å². The number of likely N-dealkylation sites (N-methyl/N-ethyl adjacent to an activating group) is 1. The number of likely N-dealkylation sites (tertiary alicyclic amines) is 1. The molecule has 1 aromatic heterocycles. The third-order valence-electron chi connectivity index (χ3n) is 2.81. The lowest BCUT2D eigenvalue weighted by molar-refractivity contribution is -0.132. The Morgan fingerprint density at radius 1 is 1.65 bits per heavy atom. The maximum absolute atomic E-state index is 11.8. The van der Waals surface area contributed by atoms with E-state index in [1.165, 1.54) is 0 Å². The first-order chi connectivity index (χ1) is 8.06.